The van der Waals surface area contributed by atoms with Crippen LogP contribution in [-0.4, -0.2) is 38.4 Å². The Morgan fingerprint density at radius 1 is 1.12 bits per heavy atom. The number of benzene rings is 1. The third-order valence-corrected chi connectivity index (χ3v) is 7.16. The third-order valence-electron chi connectivity index (χ3n) is 5.34. The number of hydrogen-bond acceptors (Lipinski definition) is 6. The molecule has 172 valence electrons. The Hall–Kier alpha value is -2.84. The Bertz CT molecular complexity index is 1170. The number of rotatable bonds is 8. The number of furan rings is 1. The van der Waals surface area contributed by atoms with E-state index < -0.39 is 0 Å². The summed E-state index contributed by atoms with van der Waals surface area (Å²) in [5.41, 5.74) is 2.32. The van der Waals surface area contributed by atoms with Crippen molar-refractivity contribution in [3.05, 3.63) is 76.4 Å². The van der Waals surface area contributed by atoms with Crippen LogP contribution in [0.15, 0.2) is 69.7 Å². The predicted octanol–water partition coefficient (Wildman–Crippen LogP) is 5.70. The molecule has 0 unspecified atom stereocenters. The van der Waals surface area contributed by atoms with Crippen molar-refractivity contribution in [2.24, 2.45) is 0 Å². The highest BCUT2D eigenvalue weighted by molar-refractivity contribution is 7.99. The fraction of sp³-hybridized carbons (Fsp3) is 0.320. The fourth-order valence-electron chi connectivity index (χ4n) is 3.39. The van der Waals surface area contributed by atoms with Crippen LogP contribution in [0.3, 0.4) is 0 Å². The van der Waals surface area contributed by atoms with Crippen molar-refractivity contribution in [1.29, 1.82) is 0 Å². The highest BCUT2D eigenvalue weighted by atomic mass is 32.2. The van der Waals surface area contributed by atoms with E-state index in [-0.39, 0.29) is 11.3 Å². The fourth-order valence-corrected chi connectivity index (χ4v) is 5.03. The van der Waals surface area contributed by atoms with Gasteiger partial charge in [-0.3, -0.25) is 9.36 Å². The molecule has 0 radical (unpaired) electrons. The van der Waals surface area contributed by atoms with E-state index in [1.54, 1.807) is 22.5 Å². The first-order valence-corrected chi connectivity index (χ1v) is 12.6. The molecule has 0 aliphatic carbocycles. The molecule has 0 atom stereocenters. The molecule has 0 fully saturated rings. The Balaban J connectivity index is 1.54. The number of thiophene rings is 1. The van der Waals surface area contributed by atoms with Crippen LogP contribution in [0.4, 0.5) is 0 Å². The molecule has 1 aromatic carbocycles. The Morgan fingerprint density at radius 2 is 1.91 bits per heavy atom. The first kappa shape index (κ1) is 23.3. The zero-order valence-corrected chi connectivity index (χ0v) is 20.9. The molecule has 1 amide bonds. The van der Waals surface area contributed by atoms with E-state index in [0.29, 0.717) is 24.0 Å². The summed E-state index contributed by atoms with van der Waals surface area (Å²) in [7, 11) is 1.83. The molecule has 33 heavy (non-hydrogen) atoms. The molecule has 4 rings (SSSR count). The van der Waals surface area contributed by atoms with Gasteiger partial charge in [0.2, 0.25) is 5.91 Å². The second-order valence-electron chi connectivity index (χ2n) is 8.92. The molecule has 3 aromatic heterocycles. The van der Waals surface area contributed by atoms with Gasteiger partial charge in [0.25, 0.3) is 0 Å². The summed E-state index contributed by atoms with van der Waals surface area (Å²) < 4.78 is 7.60. The molecule has 3 heterocycles. The smallest absolute Gasteiger partial charge is 0.233 e. The molecule has 8 heteroatoms. The largest absolute Gasteiger partial charge is 0.467 e. The molecule has 0 spiro atoms. The van der Waals surface area contributed by atoms with Gasteiger partial charge < -0.3 is 9.32 Å². The first-order valence-electron chi connectivity index (χ1n) is 10.8. The SMILES string of the molecule is CN(Cc1cccs1)C(=O)CSc1nnc(-c2ccc(C(C)(C)C)cc2)n1Cc1ccco1. The van der Waals surface area contributed by atoms with Gasteiger partial charge in [-0.05, 0) is 34.6 Å². The van der Waals surface area contributed by atoms with Crippen molar-refractivity contribution >= 4 is 29.0 Å². The van der Waals surface area contributed by atoms with E-state index in [2.05, 4.69) is 55.2 Å². The van der Waals surface area contributed by atoms with Gasteiger partial charge in [-0.15, -0.1) is 21.5 Å². The highest BCUT2D eigenvalue weighted by Crippen LogP contribution is 2.28. The van der Waals surface area contributed by atoms with Crippen molar-refractivity contribution in [3.63, 3.8) is 0 Å². The van der Waals surface area contributed by atoms with Crippen molar-refractivity contribution < 1.29 is 9.21 Å². The molecular formula is C25H28N4O2S2. The number of hydrogen-bond donors (Lipinski definition) is 0. The molecule has 0 bridgehead atoms. The normalized spacial score (nSPS) is 11.6. The minimum absolute atomic E-state index is 0.0528. The van der Waals surface area contributed by atoms with Crippen molar-refractivity contribution in [1.82, 2.24) is 19.7 Å². The molecule has 0 aliphatic rings. The molecule has 4 aromatic rings. The maximum Gasteiger partial charge on any atom is 0.233 e. The number of aromatic nitrogens is 3. The Kier molecular flexibility index (Phi) is 7.05. The van der Waals surface area contributed by atoms with Gasteiger partial charge in [-0.25, -0.2) is 0 Å². The second-order valence-corrected chi connectivity index (χ2v) is 10.9. The van der Waals surface area contributed by atoms with Crippen LogP contribution in [0, 0.1) is 0 Å². The van der Waals surface area contributed by atoms with Crippen molar-refractivity contribution in [2.45, 2.75) is 44.4 Å². The van der Waals surface area contributed by atoms with Crippen LogP contribution in [0.2, 0.25) is 0 Å². The van der Waals surface area contributed by atoms with Gasteiger partial charge in [-0.2, -0.15) is 0 Å². The highest BCUT2D eigenvalue weighted by Gasteiger charge is 2.19. The average molecular weight is 481 g/mol. The number of carbonyl (C=O) groups excluding carboxylic acids is 1. The van der Waals surface area contributed by atoms with E-state index in [4.69, 9.17) is 4.42 Å². The summed E-state index contributed by atoms with van der Waals surface area (Å²) >= 11 is 3.05. The quantitative estimate of drug-likeness (QED) is 0.303. The summed E-state index contributed by atoms with van der Waals surface area (Å²) in [5.74, 6) is 1.91. The van der Waals surface area contributed by atoms with Crippen molar-refractivity contribution in [2.75, 3.05) is 12.8 Å². The van der Waals surface area contributed by atoms with Crippen molar-refractivity contribution in [3.8, 4) is 11.4 Å². The monoisotopic (exact) mass is 480 g/mol. The summed E-state index contributed by atoms with van der Waals surface area (Å²) in [6.07, 6.45) is 1.66. The lowest BCUT2D eigenvalue weighted by molar-refractivity contribution is -0.127. The van der Waals surface area contributed by atoms with E-state index >= 15 is 0 Å². The van der Waals surface area contributed by atoms with E-state index in [1.165, 1.54) is 17.3 Å². The first-order chi connectivity index (χ1) is 15.8. The van der Waals surface area contributed by atoms with Gasteiger partial charge in [0, 0.05) is 17.5 Å². The molecule has 0 N–H and O–H groups in total. The van der Waals surface area contributed by atoms with Gasteiger partial charge in [0.05, 0.1) is 25.1 Å². The maximum absolute atomic E-state index is 12.7. The number of amides is 1. The van der Waals surface area contributed by atoms with Crippen LogP contribution in [0.25, 0.3) is 11.4 Å². The molecule has 6 nitrogen and oxygen atoms in total. The van der Waals surface area contributed by atoms with Gasteiger partial charge in [-0.1, -0.05) is 62.9 Å². The minimum Gasteiger partial charge on any atom is -0.467 e. The van der Waals surface area contributed by atoms with Gasteiger partial charge in [0.1, 0.15) is 5.76 Å². The number of thioether (sulfide) groups is 1. The standard InChI is InChI=1S/C25H28N4O2S2/c1-25(2,3)19-11-9-18(10-12-19)23-26-27-24(29(23)15-20-7-5-13-31-20)33-17-22(30)28(4)16-21-8-6-14-32-21/h5-14H,15-17H2,1-4H3. The average Bonchev–Trinajstić information content (AvgIpc) is 3.55. The summed E-state index contributed by atoms with van der Waals surface area (Å²) in [6, 6.07) is 16.3. The summed E-state index contributed by atoms with van der Waals surface area (Å²) in [6.45, 7) is 7.70. The molecule has 0 aliphatic heterocycles. The maximum atomic E-state index is 12.7. The zero-order chi connectivity index (χ0) is 23.4. The lowest BCUT2D eigenvalue weighted by Crippen LogP contribution is -2.27. The summed E-state index contributed by atoms with van der Waals surface area (Å²) in [5, 5.41) is 11.6. The predicted molar refractivity (Wildman–Crippen MR) is 133 cm³/mol. The van der Waals surface area contributed by atoms with Crippen LogP contribution in [0.5, 0.6) is 0 Å². The Labute approximate surface area is 202 Å². The van der Waals surface area contributed by atoms with Crippen LogP contribution >= 0.6 is 23.1 Å². The molecule has 0 saturated heterocycles. The number of nitrogens with zero attached hydrogens (tertiary/aromatic N) is 4. The van der Waals surface area contributed by atoms with Gasteiger partial charge >= 0.3 is 0 Å². The van der Waals surface area contributed by atoms with E-state index in [1.807, 2.05) is 41.3 Å². The minimum atomic E-state index is 0.0528. The van der Waals surface area contributed by atoms with E-state index in [9.17, 15) is 4.79 Å². The topological polar surface area (TPSA) is 64.2 Å². The van der Waals surface area contributed by atoms with E-state index in [0.717, 1.165) is 22.0 Å². The lowest BCUT2D eigenvalue weighted by atomic mass is 9.87. The summed E-state index contributed by atoms with van der Waals surface area (Å²) in [4.78, 5) is 15.6. The van der Waals surface area contributed by atoms with Crippen LogP contribution in [-0.2, 0) is 23.3 Å². The van der Waals surface area contributed by atoms with Gasteiger partial charge in [0.15, 0.2) is 11.0 Å². The lowest BCUT2D eigenvalue weighted by Gasteiger charge is -2.19. The number of carbonyl (C=O) groups is 1. The molecular weight excluding hydrogens is 452 g/mol. The zero-order valence-electron chi connectivity index (χ0n) is 19.3. The third kappa shape index (κ3) is 5.75. The van der Waals surface area contributed by atoms with Crippen LogP contribution in [0.1, 0.15) is 37.0 Å². The Morgan fingerprint density at radius 3 is 2.55 bits per heavy atom. The molecule has 0 saturated carbocycles. The van der Waals surface area contributed by atoms with Crippen LogP contribution < -0.4 is 0 Å². The second kappa shape index (κ2) is 9.97.